The molecule has 0 saturated heterocycles. The molecule has 1 aliphatic rings. The number of phenolic OH excluding ortho intramolecular Hbond substituents is 1. The molecular formula is C22H21Cl2N3O2. The zero-order chi connectivity index (χ0) is 18.6. The van der Waals surface area contributed by atoms with Crippen molar-refractivity contribution in [3.05, 3.63) is 78.0 Å². The van der Waals surface area contributed by atoms with Crippen LogP contribution < -0.4 is 10.6 Å². The molecule has 3 N–H and O–H groups in total. The van der Waals surface area contributed by atoms with Crippen LogP contribution >= 0.6 is 24.8 Å². The second kappa shape index (κ2) is 10.1. The zero-order valence-corrected chi connectivity index (χ0v) is 17.0. The molecule has 0 aliphatic carbocycles. The van der Waals surface area contributed by atoms with Crippen LogP contribution in [0, 0.1) is 0 Å². The zero-order valence-electron chi connectivity index (χ0n) is 15.4. The fourth-order valence-electron chi connectivity index (χ4n) is 3.03. The highest BCUT2D eigenvalue weighted by Crippen LogP contribution is 2.24. The molecule has 7 heteroatoms. The van der Waals surface area contributed by atoms with Gasteiger partial charge in [0.1, 0.15) is 17.3 Å². The number of nitrogens with one attached hydrogen (secondary N) is 2. The minimum atomic E-state index is -0.299. The van der Waals surface area contributed by atoms with E-state index in [4.69, 9.17) is 0 Å². The van der Waals surface area contributed by atoms with Crippen molar-refractivity contribution < 1.29 is 9.90 Å². The number of phenols is 1. The maximum absolute atomic E-state index is 12.3. The lowest BCUT2D eigenvalue weighted by Crippen LogP contribution is -2.35. The van der Waals surface area contributed by atoms with E-state index >= 15 is 0 Å². The number of hydrogen-bond donors (Lipinski definition) is 3. The molecule has 0 bridgehead atoms. The average molecular weight is 430 g/mol. The molecule has 150 valence electrons. The SMILES string of the molecule is Cl.Cl.O=C(Nc1ccccc1/C=C/c1ccc2cccc(O)c2n1)C1C=CCN1. The first-order valence-corrected chi connectivity index (χ1v) is 8.77. The molecule has 0 spiro atoms. The topological polar surface area (TPSA) is 74.2 Å². The first-order chi connectivity index (χ1) is 13.2. The number of benzene rings is 2. The third-order valence-corrected chi connectivity index (χ3v) is 4.44. The predicted molar refractivity (Wildman–Crippen MR) is 123 cm³/mol. The van der Waals surface area contributed by atoms with E-state index in [-0.39, 0.29) is 42.5 Å². The molecule has 29 heavy (non-hydrogen) atoms. The summed E-state index contributed by atoms with van der Waals surface area (Å²) >= 11 is 0. The normalized spacial score (nSPS) is 15.1. The number of carbonyl (C=O) groups excluding carboxylic acids is 1. The van der Waals surface area contributed by atoms with Crippen molar-refractivity contribution in [3.63, 3.8) is 0 Å². The second-order valence-electron chi connectivity index (χ2n) is 6.31. The van der Waals surface area contributed by atoms with E-state index in [0.717, 1.165) is 22.3 Å². The number of para-hydroxylation sites is 2. The van der Waals surface area contributed by atoms with Gasteiger partial charge in [-0.1, -0.05) is 54.6 Å². The van der Waals surface area contributed by atoms with Gasteiger partial charge in [0.05, 0.1) is 5.69 Å². The number of aromatic hydroxyl groups is 1. The Balaban J connectivity index is 0.00000150. The quantitative estimate of drug-likeness (QED) is 0.536. The van der Waals surface area contributed by atoms with Crippen LogP contribution in [0.25, 0.3) is 23.1 Å². The minimum Gasteiger partial charge on any atom is -0.506 e. The van der Waals surface area contributed by atoms with Crippen LogP contribution in [0.15, 0.2) is 66.7 Å². The Morgan fingerprint density at radius 2 is 1.90 bits per heavy atom. The van der Waals surface area contributed by atoms with E-state index < -0.39 is 0 Å². The van der Waals surface area contributed by atoms with Gasteiger partial charge in [0, 0.05) is 17.6 Å². The highest BCUT2D eigenvalue weighted by molar-refractivity contribution is 5.98. The average Bonchev–Trinajstić information content (AvgIpc) is 3.23. The van der Waals surface area contributed by atoms with Gasteiger partial charge in [0.25, 0.3) is 0 Å². The van der Waals surface area contributed by atoms with Gasteiger partial charge in [-0.05, 0) is 29.8 Å². The fraction of sp³-hybridized carbons (Fsp3) is 0.0909. The summed E-state index contributed by atoms with van der Waals surface area (Å²) in [7, 11) is 0. The summed E-state index contributed by atoms with van der Waals surface area (Å²) in [6, 6.07) is 16.5. The maximum Gasteiger partial charge on any atom is 0.245 e. The van der Waals surface area contributed by atoms with Gasteiger partial charge in [0.2, 0.25) is 5.91 Å². The minimum absolute atomic E-state index is 0. The van der Waals surface area contributed by atoms with Crippen LogP contribution in [-0.4, -0.2) is 28.6 Å². The third-order valence-electron chi connectivity index (χ3n) is 4.44. The second-order valence-corrected chi connectivity index (χ2v) is 6.31. The summed E-state index contributed by atoms with van der Waals surface area (Å²) in [4.78, 5) is 16.8. The standard InChI is InChI=1S/C22H19N3O2.2ClH/c26-20-9-3-6-16-11-13-17(24-21(16)20)12-10-15-5-1-2-7-18(15)25-22(27)19-8-4-14-23-19;;/h1-13,19,23,26H,14H2,(H,25,27);2*1H/b12-10+;;. The fourth-order valence-corrected chi connectivity index (χ4v) is 3.03. The summed E-state index contributed by atoms with van der Waals surface area (Å²) in [5.74, 6) is 0.0749. The molecule has 1 unspecified atom stereocenters. The number of nitrogens with zero attached hydrogens (tertiary/aromatic N) is 1. The van der Waals surface area contributed by atoms with Crippen molar-refractivity contribution in [1.29, 1.82) is 0 Å². The van der Waals surface area contributed by atoms with Gasteiger partial charge in [0.15, 0.2) is 0 Å². The summed E-state index contributed by atoms with van der Waals surface area (Å²) in [5, 5.41) is 16.9. The summed E-state index contributed by atoms with van der Waals surface area (Å²) in [6.07, 6.45) is 7.57. The Morgan fingerprint density at radius 3 is 2.69 bits per heavy atom. The molecule has 0 fully saturated rings. The molecule has 4 rings (SSSR count). The Kier molecular flexibility index (Phi) is 7.79. The van der Waals surface area contributed by atoms with E-state index in [0.29, 0.717) is 12.1 Å². The smallest absolute Gasteiger partial charge is 0.245 e. The Bertz CT molecular complexity index is 1070. The van der Waals surface area contributed by atoms with Crippen LogP contribution in [0.2, 0.25) is 0 Å². The predicted octanol–water partition coefficient (Wildman–Crippen LogP) is 4.42. The summed E-state index contributed by atoms with van der Waals surface area (Å²) in [5.41, 5.74) is 2.92. The number of amides is 1. The van der Waals surface area contributed by atoms with E-state index in [2.05, 4.69) is 15.6 Å². The van der Waals surface area contributed by atoms with E-state index in [1.165, 1.54) is 0 Å². The van der Waals surface area contributed by atoms with Crippen LogP contribution in [0.5, 0.6) is 5.75 Å². The molecule has 1 amide bonds. The van der Waals surface area contributed by atoms with Crippen molar-refractivity contribution in [3.8, 4) is 5.75 Å². The number of carbonyl (C=O) groups is 1. The molecule has 3 aromatic rings. The van der Waals surface area contributed by atoms with Crippen LogP contribution in [-0.2, 0) is 4.79 Å². The number of pyridine rings is 1. The van der Waals surface area contributed by atoms with Crippen LogP contribution in [0.1, 0.15) is 11.3 Å². The van der Waals surface area contributed by atoms with Crippen molar-refractivity contribution in [2.75, 3.05) is 11.9 Å². The lowest BCUT2D eigenvalue weighted by molar-refractivity contribution is -0.116. The maximum atomic E-state index is 12.3. The first-order valence-electron chi connectivity index (χ1n) is 8.77. The van der Waals surface area contributed by atoms with E-state index in [1.54, 1.807) is 12.1 Å². The summed E-state index contributed by atoms with van der Waals surface area (Å²) in [6.45, 7) is 0.708. The Hall–Kier alpha value is -2.86. The van der Waals surface area contributed by atoms with Crippen molar-refractivity contribution in [1.82, 2.24) is 10.3 Å². The lowest BCUT2D eigenvalue weighted by atomic mass is 10.1. The monoisotopic (exact) mass is 429 g/mol. The number of rotatable bonds is 4. The van der Waals surface area contributed by atoms with Crippen LogP contribution in [0.4, 0.5) is 5.69 Å². The van der Waals surface area contributed by atoms with Crippen molar-refractivity contribution in [2.24, 2.45) is 0 Å². The third kappa shape index (κ3) is 5.15. The number of aromatic nitrogens is 1. The number of hydrogen-bond acceptors (Lipinski definition) is 4. The van der Waals surface area contributed by atoms with Gasteiger partial charge >= 0.3 is 0 Å². The highest BCUT2D eigenvalue weighted by atomic mass is 35.5. The highest BCUT2D eigenvalue weighted by Gasteiger charge is 2.17. The van der Waals surface area contributed by atoms with Gasteiger partial charge in [-0.15, -0.1) is 24.8 Å². The molecule has 5 nitrogen and oxygen atoms in total. The van der Waals surface area contributed by atoms with Gasteiger partial charge < -0.3 is 10.4 Å². The molecular weight excluding hydrogens is 409 g/mol. The van der Waals surface area contributed by atoms with Crippen molar-refractivity contribution in [2.45, 2.75) is 6.04 Å². The van der Waals surface area contributed by atoms with E-state index in [1.807, 2.05) is 66.8 Å². The number of halogens is 2. The molecule has 0 radical (unpaired) electrons. The molecule has 0 saturated carbocycles. The number of fused-ring (bicyclic) bond motifs is 1. The Labute approximate surface area is 181 Å². The van der Waals surface area contributed by atoms with Gasteiger partial charge in [-0.3, -0.25) is 10.1 Å². The number of anilines is 1. The molecule has 1 aliphatic heterocycles. The van der Waals surface area contributed by atoms with Crippen molar-refractivity contribution >= 4 is 59.5 Å². The Morgan fingerprint density at radius 1 is 1.07 bits per heavy atom. The first kappa shape index (κ1) is 22.4. The van der Waals surface area contributed by atoms with Gasteiger partial charge in [-0.2, -0.15) is 0 Å². The lowest BCUT2D eigenvalue weighted by Gasteiger charge is -2.12. The molecule has 2 aromatic carbocycles. The molecule has 1 aromatic heterocycles. The summed E-state index contributed by atoms with van der Waals surface area (Å²) < 4.78 is 0. The molecule has 1 atom stereocenters. The molecule has 2 heterocycles. The largest absolute Gasteiger partial charge is 0.506 e. The van der Waals surface area contributed by atoms with Crippen LogP contribution in [0.3, 0.4) is 0 Å². The van der Waals surface area contributed by atoms with E-state index in [9.17, 15) is 9.90 Å². The van der Waals surface area contributed by atoms with Gasteiger partial charge in [-0.25, -0.2) is 4.98 Å².